The molecule has 0 aliphatic rings. The van der Waals surface area contributed by atoms with E-state index < -0.39 is 0 Å². The Hall–Kier alpha value is -1.45. The molecule has 1 unspecified atom stereocenters. The lowest BCUT2D eigenvalue weighted by Crippen LogP contribution is -2.48. The van der Waals surface area contributed by atoms with Crippen LogP contribution in [0.1, 0.15) is 19.4 Å². The van der Waals surface area contributed by atoms with E-state index in [-0.39, 0.29) is 11.6 Å². The number of pyridine rings is 1. The van der Waals surface area contributed by atoms with Crippen LogP contribution >= 0.6 is 0 Å². The first kappa shape index (κ1) is 14.0. The van der Waals surface area contributed by atoms with Crippen LogP contribution in [0.5, 0.6) is 0 Å². The predicted octanol–water partition coefficient (Wildman–Crippen LogP) is 2.79. The van der Waals surface area contributed by atoms with Crippen LogP contribution in [0.4, 0.5) is 0 Å². The second-order valence-corrected chi connectivity index (χ2v) is 5.34. The van der Waals surface area contributed by atoms with Crippen molar-refractivity contribution in [3.8, 4) is 0 Å². The number of rotatable bonds is 5. The highest BCUT2D eigenvalue weighted by atomic mass is 16.5. The fraction of sp³-hybridized carbons (Fsp3) is 0.438. The molecule has 0 saturated carbocycles. The summed E-state index contributed by atoms with van der Waals surface area (Å²) < 4.78 is 5.60. The first-order chi connectivity index (χ1) is 9.08. The molecule has 0 aliphatic carbocycles. The second-order valence-electron chi connectivity index (χ2n) is 5.34. The van der Waals surface area contributed by atoms with Gasteiger partial charge in [0.05, 0.1) is 11.1 Å². The molecule has 2 aromatic rings. The number of hydrogen-bond donors (Lipinski definition) is 1. The van der Waals surface area contributed by atoms with Crippen LogP contribution in [-0.4, -0.2) is 30.8 Å². The average Bonchev–Trinajstić information content (AvgIpc) is 2.44. The largest absolute Gasteiger partial charge is 0.377 e. The number of ether oxygens (including phenoxy) is 1. The zero-order chi connectivity index (χ0) is 13.9. The van der Waals surface area contributed by atoms with Crippen LogP contribution < -0.4 is 5.32 Å². The molecule has 0 bridgehead atoms. The maximum absolute atomic E-state index is 5.60. The second kappa shape index (κ2) is 5.68. The quantitative estimate of drug-likeness (QED) is 0.895. The molecular weight excluding hydrogens is 236 g/mol. The number of likely N-dealkylation sites (N-methyl/N-ethyl adjacent to an activating group) is 1. The molecule has 19 heavy (non-hydrogen) atoms. The van der Waals surface area contributed by atoms with Crippen molar-refractivity contribution in [3.05, 3.63) is 42.1 Å². The van der Waals surface area contributed by atoms with Crippen molar-refractivity contribution in [1.82, 2.24) is 10.3 Å². The van der Waals surface area contributed by atoms with E-state index in [0.29, 0.717) is 0 Å². The van der Waals surface area contributed by atoms with E-state index in [9.17, 15) is 0 Å². The summed E-state index contributed by atoms with van der Waals surface area (Å²) in [6, 6.07) is 10.6. The van der Waals surface area contributed by atoms with Gasteiger partial charge in [0.2, 0.25) is 0 Å². The highest BCUT2D eigenvalue weighted by Gasteiger charge is 2.28. The number of para-hydroxylation sites is 1. The highest BCUT2D eigenvalue weighted by Crippen LogP contribution is 2.22. The van der Waals surface area contributed by atoms with Gasteiger partial charge in [0.1, 0.15) is 0 Å². The molecule has 0 amide bonds. The van der Waals surface area contributed by atoms with Crippen molar-refractivity contribution in [2.45, 2.75) is 31.9 Å². The maximum Gasteiger partial charge on any atom is 0.0778 e. The van der Waals surface area contributed by atoms with Crippen molar-refractivity contribution in [2.24, 2.45) is 0 Å². The lowest BCUT2D eigenvalue weighted by molar-refractivity contribution is -0.00789. The van der Waals surface area contributed by atoms with Gasteiger partial charge in [-0.3, -0.25) is 4.98 Å². The summed E-state index contributed by atoms with van der Waals surface area (Å²) in [5.41, 5.74) is 2.14. The molecule has 1 N–H and O–H groups in total. The molecule has 1 heterocycles. The van der Waals surface area contributed by atoms with E-state index >= 15 is 0 Å². The fourth-order valence-electron chi connectivity index (χ4n) is 2.39. The maximum atomic E-state index is 5.60. The number of benzene rings is 1. The Morgan fingerprint density at radius 3 is 2.68 bits per heavy atom. The number of hydrogen-bond acceptors (Lipinski definition) is 3. The Kier molecular flexibility index (Phi) is 4.17. The predicted molar refractivity (Wildman–Crippen MR) is 79.4 cm³/mol. The normalized spacial score (nSPS) is 13.7. The number of aromatic nitrogens is 1. The van der Waals surface area contributed by atoms with Gasteiger partial charge in [-0.2, -0.15) is 0 Å². The van der Waals surface area contributed by atoms with Crippen LogP contribution in [0.2, 0.25) is 0 Å². The monoisotopic (exact) mass is 258 g/mol. The minimum Gasteiger partial charge on any atom is -0.377 e. The van der Waals surface area contributed by atoms with E-state index in [1.54, 1.807) is 7.11 Å². The fourth-order valence-corrected chi connectivity index (χ4v) is 2.39. The topological polar surface area (TPSA) is 34.2 Å². The van der Waals surface area contributed by atoms with E-state index in [0.717, 1.165) is 11.9 Å². The van der Waals surface area contributed by atoms with Gasteiger partial charge in [-0.1, -0.05) is 18.2 Å². The summed E-state index contributed by atoms with van der Waals surface area (Å²) in [4.78, 5) is 4.41. The minimum atomic E-state index is -0.209. The van der Waals surface area contributed by atoms with Crippen molar-refractivity contribution in [2.75, 3.05) is 14.2 Å². The van der Waals surface area contributed by atoms with Crippen molar-refractivity contribution in [3.63, 3.8) is 0 Å². The summed E-state index contributed by atoms with van der Waals surface area (Å²) in [7, 11) is 3.74. The average molecular weight is 258 g/mol. The van der Waals surface area contributed by atoms with E-state index in [4.69, 9.17) is 4.74 Å². The third-order valence-electron chi connectivity index (χ3n) is 3.88. The Labute approximate surface area is 115 Å². The molecule has 0 spiro atoms. The third-order valence-corrected chi connectivity index (χ3v) is 3.88. The summed E-state index contributed by atoms with van der Waals surface area (Å²) in [5.74, 6) is 0. The zero-order valence-corrected chi connectivity index (χ0v) is 12.1. The Morgan fingerprint density at radius 2 is 2.00 bits per heavy atom. The molecule has 2 rings (SSSR count). The third kappa shape index (κ3) is 2.94. The lowest BCUT2D eigenvalue weighted by Gasteiger charge is -2.33. The minimum absolute atomic E-state index is 0.209. The molecule has 1 aromatic carbocycles. The molecule has 102 valence electrons. The molecule has 1 aromatic heterocycles. The van der Waals surface area contributed by atoms with Gasteiger partial charge in [0.15, 0.2) is 0 Å². The van der Waals surface area contributed by atoms with Crippen molar-refractivity contribution in [1.29, 1.82) is 0 Å². The van der Waals surface area contributed by atoms with E-state index in [1.807, 2.05) is 19.3 Å². The number of nitrogens with zero attached hydrogens (tertiary/aromatic N) is 1. The lowest BCUT2D eigenvalue weighted by atomic mass is 9.91. The first-order valence-corrected chi connectivity index (χ1v) is 6.63. The number of nitrogens with one attached hydrogen (secondary N) is 1. The van der Waals surface area contributed by atoms with Gasteiger partial charge < -0.3 is 10.1 Å². The van der Waals surface area contributed by atoms with Crippen LogP contribution in [0, 0.1) is 0 Å². The zero-order valence-electron chi connectivity index (χ0n) is 12.1. The highest BCUT2D eigenvalue weighted by molar-refractivity contribution is 5.81. The molecule has 0 saturated heterocycles. The van der Waals surface area contributed by atoms with Gasteiger partial charge >= 0.3 is 0 Å². The molecule has 3 heteroatoms. The molecule has 1 atom stereocenters. The summed E-state index contributed by atoms with van der Waals surface area (Å²) in [5, 5.41) is 4.58. The number of fused-ring (bicyclic) bond motifs is 1. The van der Waals surface area contributed by atoms with Gasteiger partial charge in [0.25, 0.3) is 0 Å². The van der Waals surface area contributed by atoms with Gasteiger partial charge in [-0.05, 0) is 45.0 Å². The Bertz CT molecular complexity index is 546. The van der Waals surface area contributed by atoms with Crippen LogP contribution in [0.15, 0.2) is 36.5 Å². The van der Waals surface area contributed by atoms with Crippen LogP contribution in [0.25, 0.3) is 10.9 Å². The van der Waals surface area contributed by atoms with E-state index in [1.165, 1.54) is 10.9 Å². The molecule has 0 radical (unpaired) electrons. The molecular formula is C16H22N2O. The number of methoxy groups -OCH3 is 1. The van der Waals surface area contributed by atoms with Crippen LogP contribution in [0.3, 0.4) is 0 Å². The smallest absolute Gasteiger partial charge is 0.0778 e. The van der Waals surface area contributed by atoms with Crippen molar-refractivity contribution < 1.29 is 4.74 Å². The van der Waals surface area contributed by atoms with Gasteiger partial charge in [-0.25, -0.2) is 0 Å². The summed E-state index contributed by atoms with van der Waals surface area (Å²) >= 11 is 0. The molecule has 0 fully saturated rings. The van der Waals surface area contributed by atoms with Gasteiger partial charge in [-0.15, -0.1) is 0 Å². The summed E-state index contributed by atoms with van der Waals surface area (Å²) in [6.07, 6.45) is 2.80. The molecule has 3 nitrogen and oxygen atoms in total. The van der Waals surface area contributed by atoms with E-state index in [2.05, 4.69) is 48.4 Å². The molecule has 0 aliphatic heterocycles. The van der Waals surface area contributed by atoms with Gasteiger partial charge in [0, 0.05) is 24.7 Å². The van der Waals surface area contributed by atoms with Crippen LogP contribution in [-0.2, 0) is 11.2 Å². The van der Waals surface area contributed by atoms with Crippen molar-refractivity contribution >= 4 is 10.9 Å². The standard InChI is InChI=1S/C16H22N2O/c1-16(2,19-4)15(17-3)11-12-9-10-18-14-8-6-5-7-13(12)14/h5-10,15,17H,11H2,1-4H3. The SMILES string of the molecule is CNC(Cc1ccnc2ccccc12)C(C)(C)OC. The summed E-state index contributed by atoms with van der Waals surface area (Å²) in [6.45, 7) is 4.22. The Morgan fingerprint density at radius 1 is 1.26 bits per heavy atom. The Balaban J connectivity index is 2.35. The first-order valence-electron chi connectivity index (χ1n) is 6.63.